The van der Waals surface area contributed by atoms with E-state index < -0.39 is 23.7 Å². The number of hydrogen-bond acceptors (Lipinski definition) is 4. The first-order valence-corrected chi connectivity index (χ1v) is 9.96. The predicted molar refractivity (Wildman–Crippen MR) is 115 cm³/mol. The molecule has 1 aromatic heterocycles. The molecule has 0 saturated heterocycles. The lowest BCUT2D eigenvalue weighted by atomic mass is 9.90. The highest BCUT2D eigenvalue weighted by Crippen LogP contribution is 2.44. The van der Waals surface area contributed by atoms with Crippen LogP contribution in [-0.2, 0) is 21.7 Å². The van der Waals surface area contributed by atoms with Crippen LogP contribution in [0.3, 0.4) is 0 Å². The van der Waals surface area contributed by atoms with Gasteiger partial charge in [0.05, 0.1) is 24.9 Å². The summed E-state index contributed by atoms with van der Waals surface area (Å²) in [5, 5.41) is 12.2. The van der Waals surface area contributed by atoms with Crippen LogP contribution in [0.5, 0.6) is 0 Å². The van der Waals surface area contributed by atoms with Gasteiger partial charge < -0.3 is 14.4 Å². The Morgan fingerprint density at radius 2 is 1.93 bits per heavy atom. The molecule has 0 radical (unpaired) electrons. The lowest BCUT2D eigenvalue weighted by Crippen LogP contribution is -2.41. The first-order chi connectivity index (χ1) is 14.4. The Balaban J connectivity index is 1.66. The second-order valence-electron chi connectivity index (χ2n) is 7.00. The summed E-state index contributed by atoms with van der Waals surface area (Å²) >= 11 is 12.4. The molecule has 0 bridgehead atoms. The van der Waals surface area contributed by atoms with Gasteiger partial charge >= 0.3 is 0 Å². The molecule has 0 spiro atoms. The highest BCUT2D eigenvalue weighted by Gasteiger charge is 2.50. The third kappa shape index (κ3) is 3.79. The van der Waals surface area contributed by atoms with Crippen molar-refractivity contribution in [3.05, 3.63) is 93.9 Å². The van der Waals surface area contributed by atoms with Crippen molar-refractivity contribution in [2.45, 2.75) is 18.6 Å². The lowest BCUT2D eigenvalue weighted by Gasteiger charge is -2.22. The van der Waals surface area contributed by atoms with E-state index >= 15 is 0 Å². The highest BCUT2D eigenvalue weighted by atomic mass is 35.5. The fourth-order valence-corrected chi connectivity index (χ4v) is 3.89. The number of amides is 1. The number of ketones is 1. The van der Waals surface area contributed by atoms with Gasteiger partial charge in [0.1, 0.15) is 5.76 Å². The van der Waals surface area contributed by atoms with Gasteiger partial charge in [-0.3, -0.25) is 9.59 Å². The molecule has 1 unspecified atom stereocenters. The van der Waals surface area contributed by atoms with Gasteiger partial charge in [0, 0.05) is 15.6 Å². The van der Waals surface area contributed by atoms with Gasteiger partial charge in [0.25, 0.3) is 5.91 Å². The maximum Gasteiger partial charge on any atom is 0.264 e. The molecule has 4 rings (SSSR count). The Bertz CT molecular complexity index is 1140. The average molecular weight is 442 g/mol. The number of rotatable bonds is 6. The second-order valence-corrected chi connectivity index (χ2v) is 7.84. The molecule has 5 nitrogen and oxygen atoms in total. The van der Waals surface area contributed by atoms with Crippen LogP contribution in [0.15, 0.2) is 71.4 Å². The molecule has 1 atom stereocenters. The van der Waals surface area contributed by atoms with Crippen LogP contribution in [0, 0.1) is 0 Å². The van der Waals surface area contributed by atoms with Crippen molar-refractivity contribution in [1.82, 2.24) is 0 Å². The van der Waals surface area contributed by atoms with Crippen molar-refractivity contribution in [2.75, 3.05) is 4.90 Å². The molecule has 2 heterocycles. The number of furan rings is 1. The summed E-state index contributed by atoms with van der Waals surface area (Å²) in [6.07, 6.45) is 3.84. The number of halogens is 2. The number of carbonyl (C=O) groups excluding carboxylic acids is 2. The number of aliphatic hydroxyl groups is 1. The van der Waals surface area contributed by atoms with Crippen LogP contribution in [-0.4, -0.2) is 16.8 Å². The number of fused-ring (bicyclic) bond motifs is 1. The molecule has 2 aromatic carbocycles. The fourth-order valence-electron chi connectivity index (χ4n) is 3.52. The third-order valence-corrected chi connectivity index (χ3v) is 5.59. The zero-order valence-electron chi connectivity index (χ0n) is 15.7. The maximum atomic E-state index is 13.3. The average Bonchev–Trinajstić information content (AvgIpc) is 3.30. The predicted octanol–water partition coefficient (Wildman–Crippen LogP) is 4.99. The van der Waals surface area contributed by atoms with Crippen molar-refractivity contribution in [1.29, 1.82) is 0 Å². The number of hydrogen-bond donors (Lipinski definition) is 1. The topological polar surface area (TPSA) is 70.7 Å². The number of allylic oxidation sites excluding steroid dienone is 1. The molecule has 1 amide bonds. The van der Waals surface area contributed by atoms with Gasteiger partial charge in [-0.2, -0.15) is 0 Å². The molecule has 1 N–H and O–H groups in total. The minimum Gasteiger partial charge on any atom is -0.465 e. The quantitative estimate of drug-likeness (QED) is 0.546. The van der Waals surface area contributed by atoms with E-state index in [0.29, 0.717) is 27.1 Å². The van der Waals surface area contributed by atoms with E-state index in [9.17, 15) is 14.7 Å². The molecule has 0 aliphatic carbocycles. The van der Waals surface area contributed by atoms with E-state index in [4.69, 9.17) is 27.6 Å². The molecule has 152 valence electrons. The molecule has 1 aliphatic rings. The summed E-state index contributed by atoms with van der Waals surface area (Å²) in [5.41, 5.74) is -0.505. The summed E-state index contributed by atoms with van der Waals surface area (Å²) in [4.78, 5) is 27.2. The number of carbonyl (C=O) groups is 2. The smallest absolute Gasteiger partial charge is 0.264 e. The third-order valence-electron chi connectivity index (χ3n) is 4.99. The zero-order chi connectivity index (χ0) is 21.3. The summed E-state index contributed by atoms with van der Waals surface area (Å²) in [6, 6.07) is 15.4. The van der Waals surface area contributed by atoms with Crippen molar-refractivity contribution >= 4 is 46.7 Å². The SMILES string of the molecule is O=C(/C=C/c1ccco1)CC1(O)C(=O)N(Cc2ccccc2Cl)c2ccc(Cl)cc21. The van der Waals surface area contributed by atoms with E-state index in [1.54, 1.807) is 42.5 Å². The van der Waals surface area contributed by atoms with Gasteiger partial charge in [-0.25, -0.2) is 0 Å². The van der Waals surface area contributed by atoms with Gasteiger partial charge in [-0.1, -0.05) is 41.4 Å². The van der Waals surface area contributed by atoms with Crippen LogP contribution >= 0.6 is 23.2 Å². The van der Waals surface area contributed by atoms with Crippen molar-refractivity contribution in [3.8, 4) is 0 Å². The number of benzene rings is 2. The lowest BCUT2D eigenvalue weighted by molar-refractivity contribution is -0.140. The molecule has 7 heteroatoms. The Kier molecular flexibility index (Phi) is 5.52. The van der Waals surface area contributed by atoms with Gasteiger partial charge in [-0.15, -0.1) is 0 Å². The van der Waals surface area contributed by atoms with Crippen molar-refractivity contribution in [2.24, 2.45) is 0 Å². The number of nitrogens with zero attached hydrogens (tertiary/aromatic N) is 1. The van der Waals surface area contributed by atoms with Crippen LogP contribution < -0.4 is 4.90 Å². The van der Waals surface area contributed by atoms with Crippen LogP contribution in [0.1, 0.15) is 23.3 Å². The molecule has 1 aliphatic heterocycles. The Hall–Kier alpha value is -2.86. The molecular formula is C23H17Cl2NO4. The second kappa shape index (κ2) is 8.11. The van der Waals surface area contributed by atoms with Gasteiger partial charge in [0.15, 0.2) is 11.4 Å². The molecule has 0 fully saturated rings. The normalized spacial score (nSPS) is 18.2. The Morgan fingerprint density at radius 3 is 2.67 bits per heavy atom. The molecular weight excluding hydrogens is 425 g/mol. The van der Waals surface area contributed by atoms with E-state index in [-0.39, 0.29) is 6.54 Å². The zero-order valence-corrected chi connectivity index (χ0v) is 17.2. The maximum absolute atomic E-state index is 13.3. The van der Waals surface area contributed by atoms with E-state index in [0.717, 1.165) is 5.56 Å². The van der Waals surface area contributed by atoms with Gasteiger partial charge in [0.2, 0.25) is 0 Å². The standard InChI is InChI=1S/C23H17Cl2NO4/c24-16-7-10-21-19(12-16)23(29,13-17(27)8-9-18-5-3-11-30-18)22(28)26(21)14-15-4-1-2-6-20(15)25/h1-12,29H,13-14H2/b9-8+. The van der Waals surface area contributed by atoms with Crippen LogP contribution in [0.2, 0.25) is 10.0 Å². The van der Waals surface area contributed by atoms with Crippen LogP contribution in [0.25, 0.3) is 6.08 Å². The number of anilines is 1. The molecule has 3 aromatic rings. The largest absolute Gasteiger partial charge is 0.465 e. The van der Waals surface area contributed by atoms with E-state index in [1.165, 1.54) is 29.4 Å². The summed E-state index contributed by atoms with van der Waals surface area (Å²) < 4.78 is 5.16. The Labute approximate surface area is 183 Å². The summed E-state index contributed by atoms with van der Waals surface area (Å²) in [7, 11) is 0. The van der Waals surface area contributed by atoms with Gasteiger partial charge in [-0.05, 0) is 54.1 Å². The summed E-state index contributed by atoms with van der Waals surface area (Å²) in [5.74, 6) is -0.524. The monoisotopic (exact) mass is 441 g/mol. The fraction of sp³-hybridized carbons (Fsp3) is 0.130. The highest BCUT2D eigenvalue weighted by molar-refractivity contribution is 6.31. The molecule has 30 heavy (non-hydrogen) atoms. The van der Waals surface area contributed by atoms with E-state index in [1.807, 2.05) is 6.07 Å². The minimum atomic E-state index is -2.02. The van der Waals surface area contributed by atoms with Crippen molar-refractivity contribution < 1.29 is 19.1 Å². The Morgan fingerprint density at radius 1 is 1.13 bits per heavy atom. The molecule has 0 saturated carbocycles. The van der Waals surface area contributed by atoms with Crippen molar-refractivity contribution in [3.63, 3.8) is 0 Å². The van der Waals surface area contributed by atoms with Crippen LogP contribution in [0.4, 0.5) is 5.69 Å². The van der Waals surface area contributed by atoms with E-state index in [2.05, 4.69) is 0 Å². The first-order valence-electron chi connectivity index (χ1n) is 9.21. The summed E-state index contributed by atoms with van der Waals surface area (Å²) in [6.45, 7) is 0.159. The minimum absolute atomic E-state index is 0.159. The first kappa shape index (κ1) is 20.4.